The van der Waals surface area contributed by atoms with E-state index in [4.69, 9.17) is 38.8 Å². The quantitative estimate of drug-likeness (QED) is 0.146. The zero-order valence-electron chi connectivity index (χ0n) is 25.5. The van der Waals surface area contributed by atoms with Crippen molar-refractivity contribution in [3.8, 4) is 0 Å². The molecule has 46 heavy (non-hydrogen) atoms. The summed E-state index contributed by atoms with van der Waals surface area (Å²) in [5, 5.41) is 9.20. The van der Waals surface area contributed by atoms with E-state index in [2.05, 4.69) is 60.7 Å². The number of nitrogens with two attached hydrogens (primary N) is 1. The maximum absolute atomic E-state index is 7.99. The molecular weight excluding hydrogens is 609 g/mol. The second-order valence-electron chi connectivity index (χ2n) is 10.8. The van der Waals surface area contributed by atoms with Gasteiger partial charge >= 0.3 is 0 Å². The summed E-state index contributed by atoms with van der Waals surface area (Å²) in [4.78, 5) is 0. The Morgan fingerprint density at radius 2 is 0.739 bits per heavy atom. The van der Waals surface area contributed by atoms with Crippen molar-refractivity contribution in [1.29, 1.82) is 0 Å². The summed E-state index contributed by atoms with van der Waals surface area (Å²) >= 11 is 14.2. The zero-order valence-corrected chi connectivity index (χ0v) is 27.0. The first kappa shape index (κ1) is 33.2. The second kappa shape index (κ2) is 15.9. The highest BCUT2D eigenvalue weighted by molar-refractivity contribution is 6.32. The molecule has 0 fully saturated rings. The summed E-state index contributed by atoms with van der Waals surface area (Å²) in [6.07, 6.45) is 0.722. The Morgan fingerprint density at radius 3 is 0.978 bits per heavy atom. The summed E-state index contributed by atoms with van der Waals surface area (Å²) in [5.74, 6) is 0. The lowest BCUT2D eigenvalue weighted by atomic mass is 9.75. The molecule has 0 aromatic heterocycles. The molecule has 6 rings (SSSR count). The minimum Gasteiger partial charge on any atom is -0.396 e. The molecular formula is C41H37Cl2NO2. The van der Waals surface area contributed by atoms with E-state index in [-0.39, 0.29) is 6.61 Å². The molecule has 3 N–H and O–H groups in total. The van der Waals surface area contributed by atoms with Gasteiger partial charge in [-0.25, -0.2) is 0 Å². The van der Waals surface area contributed by atoms with E-state index in [1.54, 1.807) is 0 Å². The van der Waals surface area contributed by atoms with Crippen LogP contribution in [0.5, 0.6) is 0 Å². The molecule has 0 atom stereocenters. The number of halogens is 2. The SMILES string of the molecule is Clc1ccccc1C(OC(c1ccccc1)(c1ccccc1)c1ccccc1Cl)(c1ccccc1)c1ccccc1.NCCCO. The Labute approximate surface area is 281 Å². The second-order valence-corrected chi connectivity index (χ2v) is 11.6. The van der Waals surface area contributed by atoms with Gasteiger partial charge in [0.05, 0.1) is 0 Å². The molecule has 0 bridgehead atoms. The normalized spacial score (nSPS) is 11.4. The minimum atomic E-state index is -1.13. The van der Waals surface area contributed by atoms with Gasteiger partial charge in [-0.05, 0) is 47.4 Å². The molecule has 0 aliphatic carbocycles. The lowest BCUT2D eigenvalue weighted by molar-refractivity contribution is -0.0809. The number of ether oxygens (including phenoxy) is 1. The number of hydrogen-bond acceptors (Lipinski definition) is 3. The molecule has 0 saturated carbocycles. The molecule has 0 heterocycles. The smallest absolute Gasteiger partial charge is 0.147 e. The Balaban J connectivity index is 0.000000775. The van der Waals surface area contributed by atoms with Crippen LogP contribution in [0.3, 0.4) is 0 Å². The largest absolute Gasteiger partial charge is 0.396 e. The van der Waals surface area contributed by atoms with E-state index >= 15 is 0 Å². The fourth-order valence-corrected chi connectivity index (χ4v) is 6.34. The lowest BCUT2D eigenvalue weighted by Crippen LogP contribution is -2.44. The summed E-state index contributed by atoms with van der Waals surface area (Å²) in [6, 6.07) is 57.0. The van der Waals surface area contributed by atoms with Gasteiger partial charge in [-0.3, -0.25) is 0 Å². The maximum atomic E-state index is 7.99. The molecule has 0 saturated heterocycles. The molecule has 0 aliphatic rings. The van der Waals surface area contributed by atoms with Gasteiger partial charge in [-0.1, -0.05) is 181 Å². The number of aliphatic hydroxyl groups is 1. The average Bonchev–Trinajstić information content (AvgIpc) is 3.12. The van der Waals surface area contributed by atoms with Crippen molar-refractivity contribution in [2.75, 3.05) is 13.2 Å². The summed E-state index contributed by atoms with van der Waals surface area (Å²) in [7, 11) is 0. The number of benzene rings is 6. The topological polar surface area (TPSA) is 55.5 Å². The van der Waals surface area contributed by atoms with Crippen LogP contribution in [0.2, 0.25) is 10.0 Å². The molecule has 232 valence electrons. The molecule has 0 unspecified atom stereocenters. The fourth-order valence-electron chi connectivity index (χ4n) is 5.81. The molecule has 0 amide bonds. The maximum Gasteiger partial charge on any atom is 0.147 e. The van der Waals surface area contributed by atoms with Crippen LogP contribution < -0.4 is 5.73 Å². The molecule has 5 heteroatoms. The van der Waals surface area contributed by atoms with E-state index < -0.39 is 11.2 Å². The van der Waals surface area contributed by atoms with Crippen molar-refractivity contribution >= 4 is 23.2 Å². The van der Waals surface area contributed by atoms with Gasteiger partial charge in [-0.15, -0.1) is 0 Å². The highest BCUT2D eigenvalue weighted by Gasteiger charge is 2.50. The van der Waals surface area contributed by atoms with Crippen LogP contribution in [-0.4, -0.2) is 18.3 Å². The molecule has 0 radical (unpaired) electrons. The van der Waals surface area contributed by atoms with Gasteiger partial charge in [-0.2, -0.15) is 0 Å². The van der Waals surface area contributed by atoms with Crippen molar-refractivity contribution in [2.45, 2.75) is 17.6 Å². The molecule has 3 nitrogen and oxygen atoms in total. The van der Waals surface area contributed by atoms with Crippen molar-refractivity contribution in [1.82, 2.24) is 0 Å². The summed E-state index contributed by atoms with van der Waals surface area (Å²) in [6.45, 7) is 0.812. The van der Waals surface area contributed by atoms with Crippen LogP contribution in [0, 0.1) is 0 Å². The van der Waals surface area contributed by atoms with Gasteiger partial charge in [0.25, 0.3) is 0 Å². The van der Waals surface area contributed by atoms with Gasteiger partial charge in [0, 0.05) is 27.8 Å². The zero-order chi connectivity index (χ0) is 32.2. The van der Waals surface area contributed by atoms with Crippen LogP contribution in [0.4, 0.5) is 0 Å². The van der Waals surface area contributed by atoms with Crippen LogP contribution in [0.1, 0.15) is 39.8 Å². The fraction of sp³-hybridized carbons (Fsp3) is 0.122. The van der Waals surface area contributed by atoms with Gasteiger partial charge in [0.1, 0.15) is 11.2 Å². The predicted octanol–water partition coefficient (Wildman–Crippen LogP) is 9.62. The van der Waals surface area contributed by atoms with Crippen LogP contribution in [0.15, 0.2) is 170 Å². The van der Waals surface area contributed by atoms with Gasteiger partial charge in [0.2, 0.25) is 0 Å². The summed E-state index contributed by atoms with van der Waals surface area (Å²) < 4.78 is 7.94. The predicted molar refractivity (Wildman–Crippen MR) is 190 cm³/mol. The van der Waals surface area contributed by atoms with E-state index in [0.717, 1.165) is 39.8 Å². The van der Waals surface area contributed by atoms with Gasteiger partial charge in [0.15, 0.2) is 0 Å². The Bertz CT molecular complexity index is 1570. The molecule has 6 aromatic carbocycles. The van der Waals surface area contributed by atoms with Crippen molar-refractivity contribution in [2.24, 2.45) is 5.73 Å². The van der Waals surface area contributed by atoms with Crippen molar-refractivity contribution in [3.63, 3.8) is 0 Å². The highest BCUT2D eigenvalue weighted by atomic mass is 35.5. The van der Waals surface area contributed by atoms with Crippen molar-refractivity contribution in [3.05, 3.63) is 213 Å². The van der Waals surface area contributed by atoms with Crippen molar-refractivity contribution < 1.29 is 9.84 Å². The van der Waals surface area contributed by atoms with Gasteiger partial charge < -0.3 is 15.6 Å². The average molecular weight is 647 g/mol. The lowest BCUT2D eigenvalue weighted by Gasteiger charge is -2.46. The number of hydrogen-bond donors (Lipinski definition) is 2. The molecule has 0 aliphatic heterocycles. The Hall–Kier alpha value is -4.22. The minimum absolute atomic E-state index is 0.219. The third kappa shape index (κ3) is 6.80. The van der Waals surface area contributed by atoms with Crippen LogP contribution >= 0.6 is 23.2 Å². The number of rotatable bonds is 10. The van der Waals surface area contributed by atoms with E-state index in [1.165, 1.54) is 0 Å². The van der Waals surface area contributed by atoms with Crippen LogP contribution in [0.25, 0.3) is 0 Å². The standard InChI is InChI=1S/C38H28Cl2O.C3H9NO/c39-35-27-15-13-25-33(35)37(29-17-5-1-6-18-29,30-19-7-2-8-20-30)41-38(31-21-9-3-10-22-31,32-23-11-4-12-24-32)34-26-14-16-28-36(34)40;4-2-1-3-5/h1-28H;5H,1-4H2. The van der Waals surface area contributed by atoms with Crippen LogP contribution in [-0.2, 0) is 15.9 Å². The highest BCUT2D eigenvalue weighted by Crippen LogP contribution is 2.53. The van der Waals surface area contributed by atoms with E-state index in [0.29, 0.717) is 16.6 Å². The third-order valence-electron chi connectivity index (χ3n) is 7.90. The van der Waals surface area contributed by atoms with E-state index in [1.807, 2.05) is 109 Å². The first-order chi connectivity index (χ1) is 22.6. The number of aliphatic hydroxyl groups excluding tert-OH is 1. The molecule has 0 spiro atoms. The first-order valence-corrected chi connectivity index (χ1v) is 16.1. The monoisotopic (exact) mass is 645 g/mol. The Morgan fingerprint density at radius 1 is 0.457 bits per heavy atom. The Kier molecular flexibility index (Phi) is 11.4. The molecule has 6 aromatic rings. The summed E-state index contributed by atoms with van der Waals surface area (Å²) in [5.41, 5.74) is 8.17. The van der Waals surface area contributed by atoms with E-state index in [9.17, 15) is 0 Å². The first-order valence-electron chi connectivity index (χ1n) is 15.3. The third-order valence-corrected chi connectivity index (χ3v) is 8.56.